The summed E-state index contributed by atoms with van der Waals surface area (Å²) in [4.78, 5) is 21.5. The van der Waals surface area contributed by atoms with E-state index in [1.807, 2.05) is 0 Å². The minimum atomic E-state index is -1.01. The van der Waals surface area contributed by atoms with E-state index in [1.165, 1.54) is 0 Å². The summed E-state index contributed by atoms with van der Waals surface area (Å²) in [7, 11) is 0. The third kappa shape index (κ3) is 3.53. The second-order valence-corrected chi connectivity index (χ2v) is 4.56. The molecule has 0 aliphatic heterocycles. The van der Waals surface area contributed by atoms with Gasteiger partial charge >= 0.3 is 11.9 Å². The molecule has 1 unspecified atom stereocenters. The lowest BCUT2D eigenvalue weighted by Crippen LogP contribution is -2.29. The third-order valence-corrected chi connectivity index (χ3v) is 3.34. The molecule has 0 spiro atoms. The summed E-state index contributed by atoms with van der Waals surface area (Å²) >= 11 is 0. The second-order valence-electron chi connectivity index (χ2n) is 4.56. The van der Waals surface area contributed by atoms with Gasteiger partial charge in [-0.15, -0.1) is 0 Å². The molecule has 2 N–H and O–H groups in total. The Balaban J connectivity index is 2.56. The average Bonchev–Trinajstić information content (AvgIpc) is 2.15. The summed E-state index contributed by atoms with van der Waals surface area (Å²) in [5.41, 5.74) is 0. The van der Waals surface area contributed by atoms with Crippen molar-refractivity contribution in [1.82, 2.24) is 0 Å². The normalized spacial score (nSPS) is 28.3. The lowest BCUT2D eigenvalue weighted by molar-refractivity contribution is -0.150. The zero-order chi connectivity index (χ0) is 11.4. The van der Waals surface area contributed by atoms with Gasteiger partial charge in [-0.2, -0.15) is 0 Å². The van der Waals surface area contributed by atoms with E-state index >= 15 is 0 Å². The summed E-state index contributed by atoms with van der Waals surface area (Å²) in [6, 6.07) is 0. The molecular formula is C11H18O4. The first-order valence-corrected chi connectivity index (χ1v) is 5.45. The monoisotopic (exact) mass is 214 g/mol. The SMILES string of the molecule is CC1CCC(C(CC(=O)O)C(=O)O)CC1. The van der Waals surface area contributed by atoms with E-state index in [4.69, 9.17) is 10.2 Å². The fourth-order valence-corrected chi connectivity index (χ4v) is 2.33. The molecular weight excluding hydrogens is 196 g/mol. The second kappa shape index (κ2) is 5.14. The predicted octanol–water partition coefficient (Wildman–Crippen LogP) is 1.99. The van der Waals surface area contributed by atoms with Gasteiger partial charge in [-0.1, -0.05) is 19.8 Å². The van der Waals surface area contributed by atoms with Crippen LogP contribution in [0.5, 0.6) is 0 Å². The number of carboxylic acids is 2. The maximum absolute atomic E-state index is 11.0. The van der Waals surface area contributed by atoms with Crippen molar-refractivity contribution in [3.8, 4) is 0 Å². The van der Waals surface area contributed by atoms with Crippen molar-refractivity contribution in [2.24, 2.45) is 17.8 Å². The molecule has 15 heavy (non-hydrogen) atoms. The van der Waals surface area contributed by atoms with Crippen LogP contribution in [-0.2, 0) is 9.59 Å². The fourth-order valence-electron chi connectivity index (χ4n) is 2.33. The lowest BCUT2D eigenvalue weighted by atomic mass is 9.75. The van der Waals surface area contributed by atoms with Crippen LogP contribution in [0.4, 0.5) is 0 Å². The van der Waals surface area contributed by atoms with Gasteiger partial charge in [-0.3, -0.25) is 9.59 Å². The van der Waals surface area contributed by atoms with Gasteiger partial charge in [0.2, 0.25) is 0 Å². The van der Waals surface area contributed by atoms with Crippen LogP contribution < -0.4 is 0 Å². The Morgan fingerprint density at radius 3 is 2.13 bits per heavy atom. The molecule has 0 aromatic heterocycles. The van der Waals surface area contributed by atoms with E-state index in [-0.39, 0.29) is 12.3 Å². The van der Waals surface area contributed by atoms with Crippen LogP contribution in [0.15, 0.2) is 0 Å². The van der Waals surface area contributed by atoms with E-state index in [9.17, 15) is 9.59 Å². The highest BCUT2D eigenvalue weighted by atomic mass is 16.4. The van der Waals surface area contributed by atoms with Gasteiger partial charge in [0.15, 0.2) is 0 Å². The summed E-state index contributed by atoms with van der Waals surface area (Å²) in [6.45, 7) is 2.16. The van der Waals surface area contributed by atoms with Gasteiger partial charge in [-0.25, -0.2) is 0 Å². The summed E-state index contributed by atoms with van der Waals surface area (Å²) in [5.74, 6) is -1.97. The number of aliphatic carboxylic acids is 2. The molecule has 0 aromatic rings. The Labute approximate surface area is 89.3 Å². The Bertz CT molecular complexity index is 241. The number of carboxylic acid groups (broad SMARTS) is 2. The molecule has 1 fully saturated rings. The molecule has 0 bridgehead atoms. The minimum absolute atomic E-state index is 0.0507. The molecule has 1 rings (SSSR count). The maximum atomic E-state index is 11.0. The molecule has 0 radical (unpaired) electrons. The van der Waals surface area contributed by atoms with Crippen molar-refractivity contribution >= 4 is 11.9 Å². The highest BCUT2D eigenvalue weighted by molar-refractivity contribution is 5.77. The van der Waals surface area contributed by atoms with E-state index in [1.54, 1.807) is 0 Å². The number of carbonyl (C=O) groups is 2. The van der Waals surface area contributed by atoms with Gasteiger partial charge < -0.3 is 10.2 Å². The summed E-state index contributed by atoms with van der Waals surface area (Å²) < 4.78 is 0. The molecule has 0 heterocycles. The first-order valence-electron chi connectivity index (χ1n) is 5.45. The van der Waals surface area contributed by atoms with E-state index in [0.29, 0.717) is 5.92 Å². The Morgan fingerprint density at radius 2 is 1.73 bits per heavy atom. The smallest absolute Gasteiger partial charge is 0.307 e. The Hall–Kier alpha value is -1.06. The van der Waals surface area contributed by atoms with Crippen molar-refractivity contribution in [3.05, 3.63) is 0 Å². The molecule has 1 saturated carbocycles. The van der Waals surface area contributed by atoms with Crippen molar-refractivity contribution in [1.29, 1.82) is 0 Å². The number of hydrogen-bond acceptors (Lipinski definition) is 2. The summed E-state index contributed by atoms with van der Waals surface area (Å²) in [6.07, 6.45) is 3.51. The molecule has 1 atom stereocenters. The molecule has 1 aliphatic rings. The van der Waals surface area contributed by atoms with E-state index in [2.05, 4.69) is 6.92 Å². The van der Waals surface area contributed by atoms with E-state index in [0.717, 1.165) is 25.7 Å². The number of hydrogen-bond donors (Lipinski definition) is 2. The largest absolute Gasteiger partial charge is 0.481 e. The first-order chi connectivity index (χ1) is 7.00. The quantitative estimate of drug-likeness (QED) is 0.750. The third-order valence-electron chi connectivity index (χ3n) is 3.34. The van der Waals surface area contributed by atoms with Crippen LogP contribution in [0.2, 0.25) is 0 Å². The molecule has 86 valence electrons. The Morgan fingerprint density at radius 1 is 1.20 bits per heavy atom. The first kappa shape index (κ1) is 12.0. The zero-order valence-corrected chi connectivity index (χ0v) is 8.98. The van der Waals surface area contributed by atoms with Gasteiger partial charge in [0.25, 0.3) is 0 Å². The maximum Gasteiger partial charge on any atom is 0.307 e. The van der Waals surface area contributed by atoms with Crippen molar-refractivity contribution < 1.29 is 19.8 Å². The van der Waals surface area contributed by atoms with Gasteiger partial charge in [0.05, 0.1) is 12.3 Å². The number of rotatable bonds is 4. The lowest BCUT2D eigenvalue weighted by Gasteiger charge is -2.29. The topological polar surface area (TPSA) is 74.6 Å². The van der Waals surface area contributed by atoms with Crippen LogP contribution in [0, 0.1) is 17.8 Å². The highest BCUT2D eigenvalue weighted by Crippen LogP contribution is 2.34. The molecule has 0 saturated heterocycles. The predicted molar refractivity (Wildman–Crippen MR) is 54.5 cm³/mol. The molecule has 0 amide bonds. The fraction of sp³-hybridized carbons (Fsp3) is 0.818. The Kier molecular flexibility index (Phi) is 4.12. The van der Waals surface area contributed by atoms with Crippen LogP contribution in [-0.4, -0.2) is 22.2 Å². The minimum Gasteiger partial charge on any atom is -0.481 e. The van der Waals surface area contributed by atoms with Crippen LogP contribution in [0.3, 0.4) is 0 Å². The molecule has 4 heteroatoms. The zero-order valence-electron chi connectivity index (χ0n) is 8.98. The van der Waals surface area contributed by atoms with Gasteiger partial charge in [0, 0.05) is 0 Å². The van der Waals surface area contributed by atoms with Crippen molar-refractivity contribution in [3.63, 3.8) is 0 Å². The highest BCUT2D eigenvalue weighted by Gasteiger charge is 2.32. The van der Waals surface area contributed by atoms with Crippen LogP contribution >= 0.6 is 0 Å². The molecule has 4 nitrogen and oxygen atoms in total. The summed E-state index contributed by atoms with van der Waals surface area (Å²) in [5, 5.41) is 17.6. The average molecular weight is 214 g/mol. The van der Waals surface area contributed by atoms with E-state index < -0.39 is 17.9 Å². The molecule has 1 aliphatic carbocycles. The van der Waals surface area contributed by atoms with Gasteiger partial charge in [-0.05, 0) is 24.7 Å². The van der Waals surface area contributed by atoms with Crippen molar-refractivity contribution in [2.75, 3.05) is 0 Å². The van der Waals surface area contributed by atoms with Gasteiger partial charge in [0.1, 0.15) is 0 Å². The standard InChI is InChI=1S/C11H18O4/c1-7-2-4-8(5-3-7)9(11(14)15)6-10(12)13/h7-9H,2-6H2,1H3,(H,12,13)(H,14,15). The van der Waals surface area contributed by atoms with Crippen LogP contribution in [0.25, 0.3) is 0 Å². The molecule has 0 aromatic carbocycles. The van der Waals surface area contributed by atoms with Crippen LogP contribution in [0.1, 0.15) is 39.0 Å². The van der Waals surface area contributed by atoms with Crippen molar-refractivity contribution in [2.45, 2.75) is 39.0 Å².